The summed E-state index contributed by atoms with van der Waals surface area (Å²) in [6.07, 6.45) is 1.13. The first-order chi connectivity index (χ1) is 9.45. The van der Waals surface area contributed by atoms with Gasteiger partial charge in [0.15, 0.2) is 0 Å². The predicted molar refractivity (Wildman–Crippen MR) is 78.3 cm³/mol. The van der Waals surface area contributed by atoms with E-state index in [1.807, 2.05) is 26.0 Å². The number of nitrogens with one attached hydrogen (secondary N) is 1. The van der Waals surface area contributed by atoms with E-state index >= 15 is 0 Å². The summed E-state index contributed by atoms with van der Waals surface area (Å²) in [5.41, 5.74) is 1.29. The molecule has 0 aromatic heterocycles. The molecule has 0 bridgehead atoms. The number of amides is 4. The van der Waals surface area contributed by atoms with Crippen LogP contribution in [0.25, 0.3) is 0 Å². The van der Waals surface area contributed by atoms with Gasteiger partial charge in [0.25, 0.3) is 0 Å². The molecular weight excluding hydrogens is 324 g/mol. The minimum Gasteiger partial charge on any atom is -0.277 e. The standard InChI is InChI=1S/C14H15BrN2O3/c1-3-4-10-12(18)16-14(20)17(13(10)19)11-7-9(15)6-5-8(11)2/h5-7,10H,3-4H2,1-2H3,(H,16,18,20). The zero-order chi connectivity index (χ0) is 14.9. The predicted octanol–water partition coefficient (Wildman–Crippen LogP) is 2.76. The molecule has 1 aromatic rings. The Hall–Kier alpha value is -1.69. The normalized spacial score (nSPS) is 19.2. The summed E-state index contributed by atoms with van der Waals surface area (Å²) < 4.78 is 0.766. The summed E-state index contributed by atoms with van der Waals surface area (Å²) in [5, 5.41) is 2.25. The third-order valence-electron chi connectivity index (χ3n) is 3.26. The fraction of sp³-hybridized carbons (Fsp3) is 0.357. The summed E-state index contributed by atoms with van der Waals surface area (Å²) in [6, 6.07) is 4.66. The Kier molecular flexibility index (Phi) is 4.23. The number of carbonyl (C=O) groups is 3. The van der Waals surface area contributed by atoms with E-state index in [0.717, 1.165) is 14.9 Å². The van der Waals surface area contributed by atoms with Crippen molar-refractivity contribution in [3.05, 3.63) is 28.2 Å². The third kappa shape index (κ3) is 2.60. The van der Waals surface area contributed by atoms with Gasteiger partial charge in [-0.3, -0.25) is 14.9 Å². The van der Waals surface area contributed by atoms with Gasteiger partial charge < -0.3 is 0 Å². The number of aryl methyl sites for hydroxylation is 1. The molecule has 1 fully saturated rings. The lowest BCUT2D eigenvalue weighted by molar-refractivity contribution is -0.134. The van der Waals surface area contributed by atoms with Crippen molar-refractivity contribution >= 4 is 39.5 Å². The number of barbiturate groups is 1. The molecule has 1 aromatic carbocycles. The van der Waals surface area contributed by atoms with Crippen LogP contribution in [0.15, 0.2) is 22.7 Å². The van der Waals surface area contributed by atoms with Crippen molar-refractivity contribution in [1.29, 1.82) is 0 Å². The highest BCUT2D eigenvalue weighted by molar-refractivity contribution is 9.10. The number of benzene rings is 1. The van der Waals surface area contributed by atoms with Gasteiger partial charge in [0.1, 0.15) is 5.92 Å². The van der Waals surface area contributed by atoms with E-state index in [1.165, 1.54) is 0 Å². The van der Waals surface area contributed by atoms with Crippen molar-refractivity contribution in [2.45, 2.75) is 26.7 Å². The van der Waals surface area contributed by atoms with Gasteiger partial charge in [-0.1, -0.05) is 35.3 Å². The van der Waals surface area contributed by atoms with E-state index in [9.17, 15) is 14.4 Å². The van der Waals surface area contributed by atoms with Crippen molar-refractivity contribution in [3.63, 3.8) is 0 Å². The minimum atomic E-state index is -0.795. The van der Waals surface area contributed by atoms with Gasteiger partial charge in [0.2, 0.25) is 11.8 Å². The number of nitrogens with zero attached hydrogens (tertiary/aromatic N) is 1. The van der Waals surface area contributed by atoms with Crippen LogP contribution in [0.3, 0.4) is 0 Å². The highest BCUT2D eigenvalue weighted by Crippen LogP contribution is 2.28. The van der Waals surface area contributed by atoms with E-state index < -0.39 is 23.8 Å². The molecule has 5 nitrogen and oxygen atoms in total. The molecule has 106 valence electrons. The van der Waals surface area contributed by atoms with E-state index in [-0.39, 0.29) is 0 Å². The SMILES string of the molecule is CCCC1C(=O)NC(=O)N(c2cc(Br)ccc2C)C1=O. The zero-order valence-electron chi connectivity index (χ0n) is 11.3. The van der Waals surface area contributed by atoms with Gasteiger partial charge in [-0.2, -0.15) is 0 Å². The second-order valence-corrected chi connectivity index (χ2v) is 5.66. The molecule has 0 spiro atoms. The van der Waals surface area contributed by atoms with Gasteiger partial charge in [0, 0.05) is 4.47 Å². The first kappa shape index (κ1) is 14.7. The molecule has 1 atom stereocenters. The molecule has 1 aliphatic heterocycles. The lowest BCUT2D eigenvalue weighted by Gasteiger charge is -2.31. The van der Waals surface area contributed by atoms with Crippen LogP contribution < -0.4 is 10.2 Å². The minimum absolute atomic E-state index is 0.432. The van der Waals surface area contributed by atoms with E-state index in [0.29, 0.717) is 18.5 Å². The number of urea groups is 1. The topological polar surface area (TPSA) is 66.5 Å². The summed E-state index contributed by atoms with van der Waals surface area (Å²) in [4.78, 5) is 37.2. The van der Waals surface area contributed by atoms with Crippen LogP contribution >= 0.6 is 15.9 Å². The molecule has 0 saturated carbocycles. The second kappa shape index (κ2) is 5.75. The lowest BCUT2D eigenvalue weighted by Crippen LogP contribution is -2.58. The number of carbonyl (C=O) groups excluding carboxylic acids is 3. The maximum atomic E-state index is 12.4. The molecule has 4 amide bonds. The fourth-order valence-electron chi connectivity index (χ4n) is 2.21. The Morgan fingerprint density at radius 3 is 2.65 bits per heavy atom. The number of halogens is 1. The van der Waals surface area contributed by atoms with E-state index in [1.54, 1.807) is 6.07 Å². The van der Waals surface area contributed by atoms with Crippen molar-refractivity contribution in [1.82, 2.24) is 5.32 Å². The van der Waals surface area contributed by atoms with Crippen LogP contribution in [0.1, 0.15) is 25.3 Å². The molecule has 1 N–H and O–H groups in total. The molecular formula is C14H15BrN2O3. The molecule has 20 heavy (non-hydrogen) atoms. The highest BCUT2D eigenvalue weighted by atomic mass is 79.9. The molecule has 2 rings (SSSR count). The number of anilines is 1. The van der Waals surface area contributed by atoms with Crippen molar-refractivity contribution in [3.8, 4) is 0 Å². The summed E-state index contributed by atoms with van der Waals surface area (Å²) in [5.74, 6) is -1.76. The summed E-state index contributed by atoms with van der Waals surface area (Å²) in [6.45, 7) is 3.71. The Bertz CT molecular complexity index is 586. The average molecular weight is 339 g/mol. The van der Waals surface area contributed by atoms with Crippen molar-refractivity contribution < 1.29 is 14.4 Å². The van der Waals surface area contributed by atoms with Gasteiger partial charge in [-0.15, -0.1) is 0 Å². The largest absolute Gasteiger partial charge is 0.335 e. The van der Waals surface area contributed by atoms with Gasteiger partial charge in [-0.25, -0.2) is 9.69 Å². The smallest absolute Gasteiger partial charge is 0.277 e. The van der Waals surface area contributed by atoms with Crippen LogP contribution in [-0.4, -0.2) is 17.8 Å². The fourth-order valence-corrected chi connectivity index (χ4v) is 2.56. The van der Waals surface area contributed by atoms with E-state index in [2.05, 4.69) is 21.2 Å². The molecule has 6 heteroatoms. The Labute approximate surface area is 125 Å². The second-order valence-electron chi connectivity index (χ2n) is 4.74. The lowest BCUT2D eigenvalue weighted by atomic mass is 9.98. The van der Waals surface area contributed by atoms with Crippen LogP contribution in [0.4, 0.5) is 10.5 Å². The third-order valence-corrected chi connectivity index (χ3v) is 3.75. The molecule has 1 unspecified atom stereocenters. The zero-order valence-corrected chi connectivity index (χ0v) is 12.9. The maximum Gasteiger partial charge on any atom is 0.335 e. The number of rotatable bonds is 3. The average Bonchev–Trinajstić information content (AvgIpc) is 2.38. The number of hydrogen-bond acceptors (Lipinski definition) is 3. The quantitative estimate of drug-likeness (QED) is 0.861. The monoisotopic (exact) mass is 338 g/mol. The Morgan fingerprint density at radius 1 is 1.30 bits per heavy atom. The summed E-state index contributed by atoms with van der Waals surface area (Å²) >= 11 is 3.32. The maximum absolute atomic E-state index is 12.4. The van der Waals surface area contributed by atoms with Crippen molar-refractivity contribution in [2.75, 3.05) is 4.90 Å². The Morgan fingerprint density at radius 2 is 2.00 bits per heavy atom. The van der Waals surface area contributed by atoms with Gasteiger partial charge in [0.05, 0.1) is 5.69 Å². The van der Waals surface area contributed by atoms with Gasteiger partial charge >= 0.3 is 6.03 Å². The molecule has 1 saturated heterocycles. The highest BCUT2D eigenvalue weighted by Gasteiger charge is 2.41. The molecule has 1 heterocycles. The first-order valence-electron chi connectivity index (χ1n) is 6.40. The Balaban J connectivity index is 2.43. The molecule has 0 radical (unpaired) electrons. The van der Waals surface area contributed by atoms with Crippen LogP contribution in [0.2, 0.25) is 0 Å². The number of imide groups is 2. The van der Waals surface area contributed by atoms with Crippen molar-refractivity contribution in [2.24, 2.45) is 5.92 Å². The van der Waals surface area contributed by atoms with E-state index in [4.69, 9.17) is 0 Å². The summed E-state index contributed by atoms with van der Waals surface area (Å²) in [7, 11) is 0. The van der Waals surface area contributed by atoms with Crippen LogP contribution in [0.5, 0.6) is 0 Å². The molecule has 1 aliphatic rings. The van der Waals surface area contributed by atoms with Gasteiger partial charge in [-0.05, 0) is 31.0 Å². The van der Waals surface area contributed by atoms with Crippen LogP contribution in [-0.2, 0) is 9.59 Å². The first-order valence-corrected chi connectivity index (χ1v) is 7.20. The van der Waals surface area contributed by atoms with Crippen LogP contribution in [0, 0.1) is 12.8 Å². The number of hydrogen-bond donors (Lipinski definition) is 1. The molecule has 0 aliphatic carbocycles.